The van der Waals surface area contributed by atoms with Gasteiger partial charge in [0.15, 0.2) is 0 Å². The van der Waals surface area contributed by atoms with Crippen LogP contribution >= 0.6 is 23.8 Å². The number of hydrogen-bond acceptors (Lipinski definition) is 2. The van der Waals surface area contributed by atoms with Crippen molar-refractivity contribution in [2.24, 2.45) is 45.7 Å². The second kappa shape index (κ2) is 8.30. The molecule has 2 atom stereocenters. The zero-order valence-corrected chi connectivity index (χ0v) is 19.5. The summed E-state index contributed by atoms with van der Waals surface area (Å²) < 4.78 is 0. The molecule has 2 nitrogen and oxygen atoms in total. The predicted octanol–water partition coefficient (Wildman–Crippen LogP) is 6.15. The largest absolute Gasteiger partial charge is 0.330 e. The van der Waals surface area contributed by atoms with Crippen molar-refractivity contribution >= 4 is 35.0 Å². The molecule has 0 spiro atoms. The first-order chi connectivity index (χ1) is 14.6. The van der Waals surface area contributed by atoms with E-state index in [9.17, 15) is 0 Å². The standard InChI is InChI=1S/C26H35ClN2S/c27-14-23-20-10-25(22-4-2-1-3-5-22)11-21(23)13-26(12-20,17-25)24(30)29-16-19-8-6-18(15-28)7-9-19/h1-5,16,18-21,23H,6-15,17,28H2/b29-16+. The highest BCUT2D eigenvalue weighted by atomic mass is 35.5. The summed E-state index contributed by atoms with van der Waals surface area (Å²) in [5, 5.41) is 0. The van der Waals surface area contributed by atoms with E-state index in [1.807, 2.05) is 0 Å². The van der Waals surface area contributed by atoms with E-state index in [4.69, 9.17) is 34.5 Å². The number of nitrogens with two attached hydrogens (primary N) is 1. The molecular weight excluding hydrogens is 408 g/mol. The van der Waals surface area contributed by atoms with Crippen molar-refractivity contribution in [1.29, 1.82) is 0 Å². The minimum Gasteiger partial charge on any atom is -0.330 e. The van der Waals surface area contributed by atoms with Crippen molar-refractivity contribution in [2.75, 3.05) is 12.4 Å². The maximum atomic E-state index is 6.48. The molecule has 1 aromatic rings. The Balaban J connectivity index is 1.38. The first-order valence-electron chi connectivity index (χ1n) is 12.0. The summed E-state index contributed by atoms with van der Waals surface area (Å²) in [7, 11) is 0. The fourth-order valence-corrected chi connectivity index (χ4v) is 8.56. The van der Waals surface area contributed by atoms with Gasteiger partial charge in [-0.1, -0.05) is 42.5 Å². The van der Waals surface area contributed by atoms with Gasteiger partial charge in [0.1, 0.15) is 4.99 Å². The number of alkyl halides is 1. The van der Waals surface area contributed by atoms with E-state index in [1.54, 1.807) is 0 Å². The summed E-state index contributed by atoms with van der Waals surface area (Å²) in [6, 6.07) is 11.2. The first kappa shape index (κ1) is 21.1. The van der Waals surface area contributed by atoms with E-state index in [0.717, 1.165) is 17.4 Å². The highest BCUT2D eigenvalue weighted by Gasteiger charge is 2.62. The van der Waals surface area contributed by atoms with Crippen molar-refractivity contribution in [2.45, 2.75) is 63.2 Å². The van der Waals surface area contributed by atoms with Crippen LogP contribution in [0.2, 0.25) is 0 Å². The zero-order valence-electron chi connectivity index (χ0n) is 17.9. The number of benzene rings is 1. The Hall–Kier alpha value is -0.770. The normalized spacial score (nSPS) is 42.7. The van der Waals surface area contributed by atoms with Gasteiger partial charge in [-0.3, -0.25) is 4.99 Å². The van der Waals surface area contributed by atoms with E-state index < -0.39 is 0 Å². The molecule has 2 unspecified atom stereocenters. The topological polar surface area (TPSA) is 38.4 Å². The number of hydrogen-bond donors (Lipinski definition) is 1. The zero-order chi connectivity index (χ0) is 20.8. The number of nitrogens with zero attached hydrogens (tertiary/aromatic N) is 1. The third-order valence-corrected chi connectivity index (χ3v) is 10.0. The van der Waals surface area contributed by atoms with Crippen LogP contribution < -0.4 is 5.73 Å². The quantitative estimate of drug-likeness (QED) is 0.337. The summed E-state index contributed by atoms with van der Waals surface area (Å²) in [6.45, 7) is 0.831. The van der Waals surface area contributed by atoms with Crippen LogP contribution in [0.3, 0.4) is 0 Å². The van der Waals surface area contributed by atoms with Crippen LogP contribution in [0.15, 0.2) is 35.3 Å². The Morgan fingerprint density at radius 3 is 2.33 bits per heavy atom. The molecule has 5 aliphatic carbocycles. The molecule has 0 heterocycles. The Kier molecular flexibility index (Phi) is 5.83. The smallest absolute Gasteiger partial charge is 0.109 e. The lowest BCUT2D eigenvalue weighted by atomic mass is 9.40. The van der Waals surface area contributed by atoms with Crippen LogP contribution in [0.5, 0.6) is 0 Å². The lowest BCUT2D eigenvalue weighted by Crippen LogP contribution is -2.59. The second-order valence-corrected chi connectivity index (χ2v) is 11.6. The number of thiocarbonyl (C=S) groups is 1. The molecule has 0 amide bonds. The summed E-state index contributed by atoms with van der Waals surface area (Å²) in [5.74, 6) is 4.14. The third-order valence-electron chi connectivity index (χ3n) is 9.14. The highest BCUT2D eigenvalue weighted by Crippen LogP contribution is 2.68. The number of aliphatic imine (C=N–C) groups is 1. The van der Waals surface area contributed by atoms with Crippen LogP contribution in [0.4, 0.5) is 0 Å². The Morgan fingerprint density at radius 1 is 1.07 bits per heavy atom. The molecule has 0 aromatic heterocycles. The maximum Gasteiger partial charge on any atom is 0.109 e. The molecule has 5 saturated carbocycles. The lowest BCUT2D eigenvalue weighted by molar-refractivity contribution is -0.0725. The Morgan fingerprint density at radius 2 is 1.73 bits per heavy atom. The molecule has 0 aliphatic heterocycles. The van der Waals surface area contributed by atoms with Crippen molar-refractivity contribution in [3.05, 3.63) is 35.9 Å². The van der Waals surface area contributed by atoms with Gasteiger partial charge in [-0.05, 0) is 105 Å². The van der Waals surface area contributed by atoms with E-state index in [2.05, 4.69) is 36.5 Å². The molecule has 5 aliphatic rings. The Labute approximate surface area is 192 Å². The van der Waals surface area contributed by atoms with Crippen LogP contribution in [0.25, 0.3) is 0 Å². The summed E-state index contributed by atoms with van der Waals surface area (Å²) >= 11 is 12.6. The van der Waals surface area contributed by atoms with Crippen LogP contribution in [0.1, 0.15) is 63.4 Å². The van der Waals surface area contributed by atoms with Crippen LogP contribution in [-0.2, 0) is 5.41 Å². The molecule has 0 saturated heterocycles. The fraction of sp³-hybridized carbons (Fsp3) is 0.692. The van der Waals surface area contributed by atoms with Gasteiger partial charge >= 0.3 is 0 Å². The predicted molar refractivity (Wildman–Crippen MR) is 130 cm³/mol. The van der Waals surface area contributed by atoms with E-state index in [-0.39, 0.29) is 10.8 Å². The lowest BCUT2D eigenvalue weighted by Gasteiger charge is -2.64. The van der Waals surface area contributed by atoms with Gasteiger partial charge in [0.25, 0.3) is 0 Å². The number of halogens is 1. The minimum atomic E-state index is 0.102. The molecule has 4 bridgehead atoms. The highest BCUT2D eigenvalue weighted by molar-refractivity contribution is 7.80. The minimum absolute atomic E-state index is 0.102. The van der Waals surface area contributed by atoms with E-state index in [1.165, 1.54) is 63.4 Å². The second-order valence-electron chi connectivity index (χ2n) is 10.9. The van der Waals surface area contributed by atoms with Crippen LogP contribution in [0, 0.1) is 35.0 Å². The first-order valence-corrected chi connectivity index (χ1v) is 12.9. The van der Waals surface area contributed by atoms with Gasteiger partial charge in [0, 0.05) is 17.5 Å². The summed E-state index contributed by atoms with van der Waals surface area (Å²) in [5.41, 5.74) is 7.75. The molecule has 4 heteroatoms. The van der Waals surface area contributed by atoms with Crippen molar-refractivity contribution in [3.8, 4) is 0 Å². The molecule has 30 heavy (non-hydrogen) atoms. The monoisotopic (exact) mass is 442 g/mol. The van der Waals surface area contributed by atoms with Gasteiger partial charge in [-0.25, -0.2) is 0 Å². The number of rotatable bonds is 5. The van der Waals surface area contributed by atoms with Gasteiger partial charge in [-0.15, -0.1) is 11.6 Å². The van der Waals surface area contributed by atoms with Crippen molar-refractivity contribution < 1.29 is 0 Å². The molecule has 0 radical (unpaired) electrons. The maximum absolute atomic E-state index is 6.48. The molecular formula is C26H35ClN2S. The molecule has 5 fully saturated rings. The van der Waals surface area contributed by atoms with Crippen molar-refractivity contribution in [3.63, 3.8) is 0 Å². The fourth-order valence-electron chi connectivity index (χ4n) is 7.76. The van der Waals surface area contributed by atoms with E-state index >= 15 is 0 Å². The summed E-state index contributed by atoms with van der Waals surface area (Å²) in [6.07, 6.45) is 13.3. The van der Waals surface area contributed by atoms with Gasteiger partial charge in [0.2, 0.25) is 0 Å². The van der Waals surface area contributed by atoms with Crippen molar-refractivity contribution in [1.82, 2.24) is 0 Å². The van der Waals surface area contributed by atoms with Gasteiger partial charge < -0.3 is 5.73 Å². The average Bonchev–Trinajstić information content (AvgIpc) is 2.78. The molecule has 6 rings (SSSR count). The van der Waals surface area contributed by atoms with E-state index in [0.29, 0.717) is 29.6 Å². The van der Waals surface area contributed by atoms with Gasteiger partial charge in [-0.2, -0.15) is 0 Å². The average molecular weight is 443 g/mol. The SMILES string of the molecule is NCC1CCC(/C=N/C(=S)C23CC4CC(c5ccccc5)(CC(C2)C4CCl)C3)CC1. The molecule has 2 N–H and O–H groups in total. The van der Waals surface area contributed by atoms with Crippen LogP contribution in [-0.4, -0.2) is 23.6 Å². The Bertz CT molecular complexity index is 783. The summed E-state index contributed by atoms with van der Waals surface area (Å²) in [4.78, 5) is 6.00. The molecule has 162 valence electrons. The third kappa shape index (κ3) is 3.59. The molecule has 1 aromatic carbocycles. The van der Waals surface area contributed by atoms with Gasteiger partial charge in [0.05, 0.1) is 0 Å².